The molecule has 0 saturated carbocycles. The summed E-state index contributed by atoms with van der Waals surface area (Å²) in [5.41, 5.74) is 0.766. The maximum Gasteiger partial charge on any atom is 0.416 e. The molecule has 1 aromatic heterocycles. The van der Waals surface area contributed by atoms with Crippen molar-refractivity contribution in [1.29, 1.82) is 0 Å². The third-order valence-corrected chi connectivity index (χ3v) is 7.56. The maximum atomic E-state index is 13.1. The van der Waals surface area contributed by atoms with Gasteiger partial charge in [0.25, 0.3) is 0 Å². The van der Waals surface area contributed by atoms with E-state index in [-0.39, 0.29) is 18.1 Å². The van der Waals surface area contributed by atoms with Crippen LogP contribution in [0.5, 0.6) is 0 Å². The Hall–Kier alpha value is -2.43. The van der Waals surface area contributed by atoms with Crippen molar-refractivity contribution in [2.45, 2.75) is 18.0 Å². The van der Waals surface area contributed by atoms with Crippen LogP contribution in [-0.2, 0) is 16.2 Å². The number of anilines is 1. The normalized spacial score (nSPS) is 16.1. The maximum absolute atomic E-state index is 13.1. The minimum atomic E-state index is -4.67. The summed E-state index contributed by atoms with van der Waals surface area (Å²) < 4.78 is 66.4. The summed E-state index contributed by atoms with van der Waals surface area (Å²) in [6.07, 6.45) is -3.21. The summed E-state index contributed by atoms with van der Waals surface area (Å²) in [6, 6.07) is 8.12. The van der Waals surface area contributed by atoms with Gasteiger partial charge in [0.1, 0.15) is 17.0 Å². The third-order valence-electron chi connectivity index (χ3n) is 5.18. The van der Waals surface area contributed by atoms with Gasteiger partial charge in [0.2, 0.25) is 10.0 Å². The zero-order chi connectivity index (χ0) is 22.4. The van der Waals surface area contributed by atoms with Gasteiger partial charge in [-0.2, -0.15) is 17.5 Å². The number of alkyl halides is 3. The Morgan fingerprint density at radius 3 is 2.39 bits per heavy atom. The first-order valence-electron chi connectivity index (χ1n) is 9.40. The second-order valence-corrected chi connectivity index (χ2v) is 9.57. The molecule has 11 heteroatoms. The van der Waals surface area contributed by atoms with E-state index < -0.39 is 26.7 Å². The number of benzene rings is 2. The van der Waals surface area contributed by atoms with Crippen molar-refractivity contribution in [3.05, 3.63) is 58.9 Å². The van der Waals surface area contributed by atoms with E-state index in [1.54, 1.807) is 0 Å². The number of halogens is 4. The highest BCUT2D eigenvalue weighted by Gasteiger charge is 2.35. The molecule has 164 valence electrons. The molecule has 3 aromatic rings. The molecular weight excluding hydrogens is 453 g/mol. The third kappa shape index (κ3) is 4.19. The van der Waals surface area contributed by atoms with Crippen molar-refractivity contribution >= 4 is 38.3 Å². The standard InChI is InChI=1S/C20H18ClF3N4O2S/c1-13-2-5-17-15(10-13)19(26-12-25-17)27-6-8-28(9-7-27)31(29,30)18-11-14(20(22,23)24)3-4-16(18)21/h2-5,10-12H,6-9H2,1H3. The van der Waals surface area contributed by atoms with Gasteiger partial charge in [-0.15, -0.1) is 0 Å². The van der Waals surface area contributed by atoms with Gasteiger partial charge in [0, 0.05) is 31.6 Å². The monoisotopic (exact) mass is 470 g/mol. The predicted octanol–water partition coefficient (Wildman–Crippen LogP) is 4.12. The zero-order valence-corrected chi connectivity index (χ0v) is 18.0. The Morgan fingerprint density at radius 1 is 1.00 bits per heavy atom. The molecule has 2 heterocycles. The molecule has 0 radical (unpaired) electrons. The first-order valence-corrected chi connectivity index (χ1v) is 11.2. The van der Waals surface area contributed by atoms with E-state index in [1.165, 1.54) is 6.33 Å². The van der Waals surface area contributed by atoms with Crippen LogP contribution in [0, 0.1) is 6.92 Å². The Bertz CT molecular complexity index is 1240. The summed E-state index contributed by atoms with van der Waals surface area (Å²) in [5.74, 6) is 0.697. The second-order valence-electron chi connectivity index (χ2n) is 7.25. The number of hydrogen-bond acceptors (Lipinski definition) is 5. The molecule has 1 aliphatic rings. The van der Waals surface area contributed by atoms with Crippen LogP contribution in [0.25, 0.3) is 10.9 Å². The van der Waals surface area contributed by atoms with Crippen molar-refractivity contribution in [2.24, 2.45) is 0 Å². The van der Waals surface area contributed by atoms with Crippen molar-refractivity contribution in [3.8, 4) is 0 Å². The van der Waals surface area contributed by atoms with E-state index in [4.69, 9.17) is 11.6 Å². The Labute approximate surface area is 182 Å². The predicted molar refractivity (Wildman–Crippen MR) is 112 cm³/mol. The molecule has 0 spiro atoms. The summed E-state index contributed by atoms with van der Waals surface area (Å²) >= 11 is 5.95. The fourth-order valence-electron chi connectivity index (χ4n) is 3.57. The number of nitrogens with zero attached hydrogens (tertiary/aromatic N) is 4. The van der Waals surface area contributed by atoms with Crippen molar-refractivity contribution in [1.82, 2.24) is 14.3 Å². The summed E-state index contributed by atoms with van der Waals surface area (Å²) in [7, 11) is -4.19. The molecule has 1 saturated heterocycles. The number of hydrogen-bond donors (Lipinski definition) is 0. The van der Waals surface area contributed by atoms with E-state index in [2.05, 4.69) is 9.97 Å². The lowest BCUT2D eigenvalue weighted by atomic mass is 10.1. The summed E-state index contributed by atoms with van der Waals surface area (Å²) in [6.45, 7) is 2.80. The molecule has 1 fully saturated rings. The number of aryl methyl sites for hydroxylation is 1. The lowest BCUT2D eigenvalue weighted by Gasteiger charge is -2.35. The lowest BCUT2D eigenvalue weighted by molar-refractivity contribution is -0.137. The number of piperazine rings is 1. The summed E-state index contributed by atoms with van der Waals surface area (Å²) in [4.78, 5) is 10.0. The van der Waals surface area contributed by atoms with Gasteiger partial charge in [-0.3, -0.25) is 0 Å². The quantitative estimate of drug-likeness (QED) is 0.576. The molecule has 0 unspecified atom stereocenters. The van der Waals surface area contributed by atoms with E-state index >= 15 is 0 Å². The minimum Gasteiger partial charge on any atom is -0.353 e. The first kappa shape index (κ1) is 21.8. The number of rotatable bonds is 3. The van der Waals surface area contributed by atoms with E-state index in [0.717, 1.165) is 32.9 Å². The molecule has 0 atom stereocenters. The van der Waals surface area contributed by atoms with Crippen LogP contribution < -0.4 is 4.90 Å². The highest BCUT2D eigenvalue weighted by Crippen LogP contribution is 2.35. The van der Waals surface area contributed by atoms with Crippen LogP contribution in [0.1, 0.15) is 11.1 Å². The molecule has 31 heavy (non-hydrogen) atoms. The van der Waals surface area contributed by atoms with E-state index in [1.807, 2.05) is 30.0 Å². The molecule has 1 aliphatic heterocycles. The van der Waals surface area contributed by atoms with Gasteiger partial charge < -0.3 is 4.90 Å². The fourth-order valence-corrected chi connectivity index (χ4v) is 5.49. The molecule has 6 nitrogen and oxygen atoms in total. The van der Waals surface area contributed by atoms with Gasteiger partial charge >= 0.3 is 6.18 Å². The van der Waals surface area contributed by atoms with Gasteiger partial charge in [0.05, 0.1) is 16.1 Å². The average molecular weight is 471 g/mol. The van der Waals surface area contributed by atoms with Crippen molar-refractivity contribution in [2.75, 3.05) is 31.1 Å². The molecule has 2 aromatic carbocycles. The molecule has 0 amide bonds. The van der Waals surface area contributed by atoms with Crippen LogP contribution in [0.4, 0.5) is 19.0 Å². The lowest BCUT2D eigenvalue weighted by Crippen LogP contribution is -2.49. The molecule has 0 bridgehead atoms. The Kier molecular flexibility index (Phi) is 5.57. The van der Waals surface area contributed by atoms with Crippen molar-refractivity contribution in [3.63, 3.8) is 0 Å². The molecule has 0 aliphatic carbocycles. The minimum absolute atomic E-state index is 0.0895. The topological polar surface area (TPSA) is 66.4 Å². The molecular formula is C20H18ClF3N4O2S. The van der Waals surface area contributed by atoms with Crippen LogP contribution in [-0.4, -0.2) is 48.9 Å². The largest absolute Gasteiger partial charge is 0.416 e. The van der Waals surface area contributed by atoms with Crippen LogP contribution in [0.3, 0.4) is 0 Å². The second kappa shape index (κ2) is 7.92. The highest BCUT2D eigenvalue weighted by atomic mass is 35.5. The molecule has 0 N–H and O–H groups in total. The smallest absolute Gasteiger partial charge is 0.353 e. The van der Waals surface area contributed by atoms with Gasteiger partial charge in [0.15, 0.2) is 0 Å². The van der Waals surface area contributed by atoms with E-state index in [9.17, 15) is 21.6 Å². The highest BCUT2D eigenvalue weighted by molar-refractivity contribution is 7.89. The van der Waals surface area contributed by atoms with Crippen LogP contribution in [0.15, 0.2) is 47.6 Å². The summed E-state index contributed by atoms with van der Waals surface area (Å²) in [5, 5.41) is 0.618. The fraction of sp³-hybridized carbons (Fsp3) is 0.300. The Balaban J connectivity index is 1.59. The van der Waals surface area contributed by atoms with Gasteiger partial charge in [-0.1, -0.05) is 23.2 Å². The first-order chi connectivity index (χ1) is 14.6. The Morgan fingerprint density at radius 2 is 1.71 bits per heavy atom. The van der Waals surface area contributed by atoms with Crippen molar-refractivity contribution < 1.29 is 21.6 Å². The molecule has 4 rings (SSSR count). The number of aromatic nitrogens is 2. The zero-order valence-electron chi connectivity index (χ0n) is 16.4. The van der Waals surface area contributed by atoms with E-state index in [0.29, 0.717) is 25.0 Å². The van der Waals surface area contributed by atoms with Crippen LogP contribution in [0.2, 0.25) is 5.02 Å². The SMILES string of the molecule is Cc1ccc2ncnc(N3CCN(S(=O)(=O)c4cc(C(F)(F)F)ccc4Cl)CC3)c2c1. The number of sulfonamides is 1. The number of fused-ring (bicyclic) bond motifs is 1. The van der Waals surface area contributed by atoms with Gasteiger partial charge in [-0.05, 0) is 37.3 Å². The average Bonchev–Trinajstić information content (AvgIpc) is 2.72. The van der Waals surface area contributed by atoms with Crippen LogP contribution >= 0.6 is 11.6 Å². The van der Waals surface area contributed by atoms with Gasteiger partial charge in [-0.25, -0.2) is 18.4 Å².